The van der Waals surface area contributed by atoms with Gasteiger partial charge in [0.2, 0.25) is 0 Å². The van der Waals surface area contributed by atoms with E-state index in [1.807, 2.05) is 31.2 Å². The summed E-state index contributed by atoms with van der Waals surface area (Å²) in [5, 5.41) is 8.76. The van der Waals surface area contributed by atoms with Crippen molar-refractivity contribution in [3.8, 4) is 5.75 Å². The van der Waals surface area contributed by atoms with E-state index in [1.165, 1.54) is 0 Å². The monoisotopic (exact) mass is 208 g/mol. The molecule has 0 aliphatic rings. The van der Waals surface area contributed by atoms with Crippen LogP contribution in [0.1, 0.15) is 19.4 Å². The average molecular weight is 208 g/mol. The van der Waals surface area contributed by atoms with E-state index in [4.69, 9.17) is 9.84 Å². The second-order valence-electron chi connectivity index (χ2n) is 3.52. The van der Waals surface area contributed by atoms with Crippen LogP contribution in [0.5, 0.6) is 5.75 Å². The third kappa shape index (κ3) is 3.62. The number of rotatable bonds is 5. The second kappa shape index (κ2) is 5.39. The molecule has 3 nitrogen and oxygen atoms in total. The second-order valence-corrected chi connectivity index (χ2v) is 3.52. The largest absolute Gasteiger partial charge is 0.494 e. The topological polar surface area (TPSA) is 46.5 Å². The van der Waals surface area contributed by atoms with Gasteiger partial charge in [0, 0.05) is 0 Å². The molecule has 0 unspecified atom stereocenters. The smallest absolute Gasteiger partial charge is 0.306 e. The Hall–Kier alpha value is -1.51. The molecule has 1 rings (SSSR count). The summed E-state index contributed by atoms with van der Waals surface area (Å²) in [4.78, 5) is 10.6. The highest BCUT2D eigenvalue weighted by molar-refractivity contribution is 5.69. The van der Waals surface area contributed by atoms with Gasteiger partial charge in [0.25, 0.3) is 0 Å². The van der Waals surface area contributed by atoms with Crippen molar-refractivity contribution in [3.05, 3.63) is 29.8 Å². The quantitative estimate of drug-likeness (QED) is 0.807. The molecule has 0 spiro atoms. The van der Waals surface area contributed by atoms with E-state index in [2.05, 4.69) is 0 Å². The normalized spacial score (nSPS) is 12.1. The Balaban J connectivity index is 2.60. The molecular formula is C12H16O3. The molecule has 0 aromatic heterocycles. The highest BCUT2D eigenvalue weighted by Crippen LogP contribution is 2.15. The Labute approximate surface area is 89.7 Å². The van der Waals surface area contributed by atoms with Crippen LogP contribution >= 0.6 is 0 Å². The predicted molar refractivity (Wildman–Crippen MR) is 58.1 cm³/mol. The molecule has 0 saturated heterocycles. The minimum Gasteiger partial charge on any atom is -0.494 e. The van der Waals surface area contributed by atoms with Gasteiger partial charge in [-0.2, -0.15) is 0 Å². The Bertz CT molecular complexity index is 316. The first-order valence-corrected chi connectivity index (χ1v) is 5.08. The minimum absolute atomic E-state index is 0.344. The maximum Gasteiger partial charge on any atom is 0.306 e. The van der Waals surface area contributed by atoms with E-state index in [9.17, 15) is 4.79 Å². The number of carboxylic acids is 1. The van der Waals surface area contributed by atoms with Gasteiger partial charge in [-0.05, 0) is 31.0 Å². The van der Waals surface area contributed by atoms with Gasteiger partial charge in [0.15, 0.2) is 0 Å². The van der Waals surface area contributed by atoms with Gasteiger partial charge in [-0.1, -0.05) is 19.1 Å². The van der Waals surface area contributed by atoms with Crippen LogP contribution in [0.4, 0.5) is 0 Å². The van der Waals surface area contributed by atoms with Crippen molar-refractivity contribution in [1.29, 1.82) is 0 Å². The first-order chi connectivity index (χ1) is 7.13. The van der Waals surface area contributed by atoms with Crippen molar-refractivity contribution in [3.63, 3.8) is 0 Å². The van der Waals surface area contributed by atoms with Gasteiger partial charge in [0.1, 0.15) is 5.75 Å². The number of aliphatic carboxylic acids is 1. The summed E-state index contributed by atoms with van der Waals surface area (Å²) < 4.78 is 5.30. The molecule has 15 heavy (non-hydrogen) atoms. The Morgan fingerprint density at radius 3 is 2.47 bits per heavy atom. The van der Waals surface area contributed by atoms with Crippen LogP contribution in [0.15, 0.2) is 24.3 Å². The lowest BCUT2D eigenvalue weighted by Crippen LogP contribution is -2.12. The third-order valence-electron chi connectivity index (χ3n) is 2.20. The zero-order valence-corrected chi connectivity index (χ0v) is 9.06. The molecule has 1 atom stereocenters. The molecule has 0 fully saturated rings. The lowest BCUT2D eigenvalue weighted by molar-refractivity contribution is -0.141. The van der Waals surface area contributed by atoms with Crippen LogP contribution < -0.4 is 4.74 Å². The Morgan fingerprint density at radius 1 is 1.40 bits per heavy atom. The maximum atomic E-state index is 10.6. The highest BCUT2D eigenvalue weighted by atomic mass is 16.5. The van der Waals surface area contributed by atoms with E-state index in [0.29, 0.717) is 13.0 Å². The number of hydrogen-bond acceptors (Lipinski definition) is 2. The van der Waals surface area contributed by atoms with Crippen LogP contribution in [0.25, 0.3) is 0 Å². The van der Waals surface area contributed by atoms with Crippen molar-refractivity contribution >= 4 is 5.97 Å². The molecule has 0 heterocycles. The molecule has 1 aromatic carbocycles. The standard InChI is InChI=1S/C12H16O3/c1-3-15-11-6-4-10(5-7-11)8-9(2)12(13)14/h4-7,9H,3,8H2,1-2H3,(H,13,14)/t9-/m0/s1. The lowest BCUT2D eigenvalue weighted by Gasteiger charge is -2.07. The molecule has 1 N–H and O–H groups in total. The zero-order valence-electron chi connectivity index (χ0n) is 9.06. The van der Waals surface area contributed by atoms with Crippen molar-refractivity contribution in [2.24, 2.45) is 5.92 Å². The Morgan fingerprint density at radius 2 is 2.00 bits per heavy atom. The molecular weight excluding hydrogens is 192 g/mol. The summed E-state index contributed by atoms with van der Waals surface area (Å²) in [6.07, 6.45) is 0.557. The SMILES string of the molecule is CCOc1ccc(C[C@H](C)C(=O)O)cc1. The van der Waals surface area contributed by atoms with Crippen molar-refractivity contribution in [2.45, 2.75) is 20.3 Å². The van der Waals surface area contributed by atoms with Gasteiger partial charge in [0.05, 0.1) is 12.5 Å². The van der Waals surface area contributed by atoms with E-state index in [1.54, 1.807) is 6.92 Å². The number of carboxylic acid groups (broad SMARTS) is 1. The van der Waals surface area contributed by atoms with E-state index in [0.717, 1.165) is 11.3 Å². The summed E-state index contributed by atoms with van der Waals surface area (Å²) >= 11 is 0. The van der Waals surface area contributed by atoms with Crippen molar-refractivity contribution in [1.82, 2.24) is 0 Å². The molecule has 0 amide bonds. The lowest BCUT2D eigenvalue weighted by atomic mass is 10.0. The first-order valence-electron chi connectivity index (χ1n) is 5.08. The molecule has 3 heteroatoms. The molecule has 1 aromatic rings. The fourth-order valence-corrected chi connectivity index (χ4v) is 1.33. The number of hydrogen-bond donors (Lipinski definition) is 1. The summed E-state index contributed by atoms with van der Waals surface area (Å²) in [5.41, 5.74) is 1.02. The summed E-state index contributed by atoms with van der Waals surface area (Å²) in [7, 11) is 0. The molecule has 0 bridgehead atoms. The van der Waals surface area contributed by atoms with Gasteiger partial charge < -0.3 is 9.84 Å². The maximum absolute atomic E-state index is 10.6. The zero-order chi connectivity index (χ0) is 11.3. The third-order valence-corrected chi connectivity index (χ3v) is 2.20. The molecule has 82 valence electrons. The van der Waals surface area contributed by atoms with Crippen LogP contribution in [-0.4, -0.2) is 17.7 Å². The molecule has 0 saturated carbocycles. The minimum atomic E-state index is -0.760. The first kappa shape index (κ1) is 11.6. The Kier molecular flexibility index (Phi) is 4.16. The summed E-state index contributed by atoms with van der Waals surface area (Å²) in [6, 6.07) is 7.55. The predicted octanol–water partition coefficient (Wildman–Crippen LogP) is 2.35. The molecule has 0 radical (unpaired) electrons. The molecule has 0 aliphatic carbocycles. The number of benzene rings is 1. The van der Waals surface area contributed by atoms with E-state index in [-0.39, 0.29) is 5.92 Å². The molecule has 0 aliphatic heterocycles. The van der Waals surface area contributed by atoms with Crippen LogP contribution in [0.2, 0.25) is 0 Å². The van der Waals surface area contributed by atoms with Crippen LogP contribution in [0.3, 0.4) is 0 Å². The van der Waals surface area contributed by atoms with Crippen molar-refractivity contribution in [2.75, 3.05) is 6.61 Å². The van der Waals surface area contributed by atoms with Gasteiger partial charge in [-0.3, -0.25) is 4.79 Å². The van der Waals surface area contributed by atoms with Gasteiger partial charge in [-0.25, -0.2) is 0 Å². The van der Waals surface area contributed by atoms with Gasteiger partial charge in [-0.15, -0.1) is 0 Å². The fourth-order valence-electron chi connectivity index (χ4n) is 1.33. The average Bonchev–Trinajstić information content (AvgIpc) is 2.21. The van der Waals surface area contributed by atoms with E-state index < -0.39 is 5.97 Å². The summed E-state index contributed by atoms with van der Waals surface area (Å²) in [6.45, 7) is 4.28. The number of carbonyl (C=O) groups is 1. The highest BCUT2D eigenvalue weighted by Gasteiger charge is 2.11. The van der Waals surface area contributed by atoms with Crippen LogP contribution in [-0.2, 0) is 11.2 Å². The van der Waals surface area contributed by atoms with E-state index >= 15 is 0 Å². The van der Waals surface area contributed by atoms with Crippen molar-refractivity contribution < 1.29 is 14.6 Å². The fraction of sp³-hybridized carbons (Fsp3) is 0.417. The number of ether oxygens (including phenoxy) is 1. The summed E-state index contributed by atoms with van der Waals surface area (Å²) in [5.74, 6) is -0.281. The van der Waals surface area contributed by atoms with Gasteiger partial charge >= 0.3 is 5.97 Å². The van der Waals surface area contributed by atoms with Crippen LogP contribution in [0, 0.1) is 5.92 Å².